The Morgan fingerprint density at radius 3 is 2.68 bits per heavy atom. The van der Waals surface area contributed by atoms with Crippen LogP contribution in [0.1, 0.15) is 52.0 Å². The number of hydrogen-bond acceptors (Lipinski definition) is 4. The number of carbonyl (C=O) groups is 2. The number of methoxy groups -OCH3 is 1. The largest absolute Gasteiger partial charge is 0.465 e. The molecule has 1 heterocycles. The summed E-state index contributed by atoms with van der Waals surface area (Å²) < 4.78 is 4.94. The molecule has 1 aliphatic rings. The summed E-state index contributed by atoms with van der Waals surface area (Å²) in [4.78, 5) is 25.7. The summed E-state index contributed by atoms with van der Waals surface area (Å²) in [7, 11) is 1.39. The van der Waals surface area contributed by atoms with Gasteiger partial charge in [0.25, 0.3) is 0 Å². The molecule has 1 amide bonds. The number of esters is 1. The zero-order chi connectivity index (χ0) is 17.6. The van der Waals surface area contributed by atoms with Gasteiger partial charge in [-0.2, -0.15) is 0 Å². The standard InChI is InChI=1S/C20H23NO3S/c1-24-20(23)18-15-11-5-6-12-16(15)25-19(18)21-17(22)13-7-10-14-8-3-2-4-9-14/h2-4,8-9H,5-7,10-13H2,1H3,(H,21,22). The number of rotatable bonds is 6. The Morgan fingerprint density at radius 2 is 1.92 bits per heavy atom. The molecule has 0 unspecified atom stereocenters. The lowest BCUT2D eigenvalue weighted by Gasteiger charge is -2.11. The van der Waals surface area contributed by atoms with E-state index in [-0.39, 0.29) is 11.9 Å². The number of aryl methyl sites for hydroxylation is 2. The van der Waals surface area contributed by atoms with Gasteiger partial charge in [0.05, 0.1) is 12.7 Å². The van der Waals surface area contributed by atoms with Crippen LogP contribution in [0.5, 0.6) is 0 Å². The zero-order valence-corrected chi connectivity index (χ0v) is 15.3. The summed E-state index contributed by atoms with van der Waals surface area (Å²) in [6.45, 7) is 0. The first kappa shape index (κ1) is 17.7. The maximum absolute atomic E-state index is 12.3. The van der Waals surface area contributed by atoms with Gasteiger partial charge < -0.3 is 10.1 Å². The number of fused-ring (bicyclic) bond motifs is 1. The molecule has 132 valence electrons. The maximum Gasteiger partial charge on any atom is 0.341 e. The van der Waals surface area contributed by atoms with Gasteiger partial charge in [0.1, 0.15) is 5.00 Å². The monoisotopic (exact) mass is 357 g/mol. The fraction of sp³-hybridized carbons (Fsp3) is 0.400. The molecule has 1 aromatic carbocycles. The van der Waals surface area contributed by atoms with Crippen molar-refractivity contribution in [1.82, 2.24) is 0 Å². The van der Waals surface area contributed by atoms with E-state index in [1.165, 1.54) is 28.9 Å². The quantitative estimate of drug-likeness (QED) is 0.781. The lowest BCUT2D eigenvalue weighted by molar-refractivity contribution is -0.116. The Labute approximate surface area is 152 Å². The molecule has 1 N–H and O–H groups in total. The van der Waals surface area contributed by atoms with E-state index in [9.17, 15) is 9.59 Å². The lowest BCUT2D eigenvalue weighted by Crippen LogP contribution is -2.14. The van der Waals surface area contributed by atoms with Crippen LogP contribution in [-0.4, -0.2) is 19.0 Å². The average Bonchev–Trinajstić information content (AvgIpc) is 2.99. The van der Waals surface area contributed by atoms with Gasteiger partial charge in [-0.25, -0.2) is 4.79 Å². The van der Waals surface area contributed by atoms with Crippen LogP contribution in [0.4, 0.5) is 5.00 Å². The van der Waals surface area contributed by atoms with Crippen molar-refractivity contribution < 1.29 is 14.3 Å². The summed E-state index contributed by atoms with van der Waals surface area (Å²) in [5, 5.41) is 3.60. The van der Waals surface area contributed by atoms with Crippen molar-refractivity contribution in [3.63, 3.8) is 0 Å². The van der Waals surface area contributed by atoms with Gasteiger partial charge in [0.15, 0.2) is 0 Å². The molecule has 2 aromatic rings. The van der Waals surface area contributed by atoms with Crippen molar-refractivity contribution in [1.29, 1.82) is 0 Å². The van der Waals surface area contributed by atoms with E-state index in [1.807, 2.05) is 18.2 Å². The fourth-order valence-corrected chi connectivity index (χ4v) is 4.55. The van der Waals surface area contributed by atoms with Crippen molar-refractivity contribution in [2.24, 2.45) is 0 Å². The Bertz CT molecular complexity index is 752. The van der Waals surface area contributed by atoms with Crippen molar-refractivity contribution >= 4 is 28.2 Å². The molecule has 1 aromatic heterocycles. The van der Waals surface area contributed by atoms with Crippen LogP contribution in [0.2, 0.25) is 0 Å². The molecule has 1 aliphatic carbocycles. The number of thiophene rings is 1. The second-order valence-corrected chi connectivity index (χ2v) is 7.40. The van der Waals surface area contributed by atoms with E-state index in [0.29, 0.717) is 17.0 Å². The van der Waals surface area contributed by atoms with Crippen LogP contribution in [0.25, 0.3) is 0 Å². The topological polar surface area (TPSA) is 55.4 Å². The van der Waals surface area contributed by atoms with E-state index in [4.69, 9.17) is 4.74 Å². The van der Waals surface area contributed by atoms with Gasteiger partial charge >= 0.3 is 5.97 Å². The highest BCUT2D eigenvalue weighted by atomic mass is 32.1. The molecular weight excluding hydrogens is 334 g/mol. The van der Waals surface area contributed by atoms with Crippen molar-refractivity contribution in [2.75, 3.05) is 12.4 Å². The van der Waals surface area contributed by atoms with Gasteiger partial charge in [-0.3, -0.25) is 4.79 Å². The third-order valence-electron chi connectivity index (χ3n) is 4.53. The van der Waals surface area contributed by atoms with E-state index in [2.05, 4.69) is 17.4 Å². The maximum atomic E-state index is 12.3. The minimum atomic E-state index is -0.348. The van der Waals surface area contributed by atoms with Gasteiger partial charge in [0, 0.05) is 11.3 Å². The summed E-state index contributed by atoms with van der Waals surface area (Å²) in [5.74, 6) is -0.390. The number of hydrogen-bond donors (Lipinski definition) is 1. The molecule has 0 atom stereocenters. The summed E-state index contributed by atoms with van der Waals surface area (Å²) in [5.41, 5.74) is 2.87. The predicted molar refractivity (Wildman–Crippen MR) is 100 cm³/mol. The zero-order valence-electron chi connectivity index (χ0n) is 14.5. The van der Waals surface area contributed by atoms with Crippen LogP contribution < -0.4 is 5.32 Å². The Kier molecular flexibility index (Phi) is 5.87. The Balaban J connectivity index is 1.64. The first-order valence-electron chi connectivity index (χ1n) is 8.75. The summed E-state index contributed by atoms with van der Waals surface area (Å²) in [6, 6.07) is 10.1. The molecule has 25 heavy (non-hydrogen) atoms. The fourth-order valence-electron chi connectivity index (χ4n) is 3.26. The molecule has 0 saturated carbocycles. The van der Waals surface area contributed by atoms with E-state index >= 15 is 0 Å². The highest BCUT2D eigenvalue weighted by Crippen LogP contribution is 2.38. The summed E-state index contributed by atoms with van der Waals surface area (Å²) in [6.07, 6.45) is 6.19. The molecule has 3 rings (SSSR count). The minimum Gasteiger partial charge on any atom is -0.465 e. The van der Waals surface area contributed by atoms with Crippen molar-refractivity contribution in [3.05, 3.63) is 51.9 Å². The third-order valence-corrected chi connectivity index (χ3v) is 5.73. The van der Waals surface area contributed by atoms with Gasteiger partial charge in [0.2, 0.25) is 5.91 Å². The first-order chi connectivity index (χ1) is 12.2. The molecule has 0 radical (unpaired) electrons. The van der Waals surface area contributed by atoms with Crippen molar-refractivity contribution in [3.8, 4) is 0 Å². The predicted octanol–water partition coefficient (Wildman–Crippen LogP) is 4.37. The van der Waals surface area contributed by atoms with E-state index in [1.54, 1.807) is 0 Å². The molecule has 0 fully saturated rings. The number of benzene rings is 1. The molecule has 0 aliphatic heterocycles. The third kappa shape index (κ3) is 4.28. The molecular formula is C20H23NO3S. The van der Waals surface area contributed by atoms with Crippen molar-refractivity contribution in [2.45, 2.75) is 44.9 Å². The number of nitrogens with one attached hydrogen (secondary N) is 1. The van der Waals surface area contributed by atoms with Crippen LogP contribution >= 0.6 is 11.3 Å². The van der Waals surface area contributed by atoms with Crippen LogP contribution in [0.15, 0.2) is 30.3 Å². The molecule has 4 nitrogen and oxygen atoms in total. The molecule has 0 bridgehead atoms. The van der Waals surface area contributed by atoms with E-state index < -0.39 is 0 Å². The Morgan fingerprint density at radius 1 is 1.16 bits per heavy atom. The van der Waals surface area contributed by atoms with Crippen LogP contribution in [-0.2, 0) is 28.8 Å². The van der Waals surface area contributed by atoms with Crippen LogP contribution in [0.3, 0.4) is 0 Å². The number of amides is 1. The normalized spacial score (nSPS) is 13.2. The van der Waals surface area contributed by atoms with Gasteiger partial charge in [-0.1, -0.05) is 30.3 Å². The lowest BCUT2D eigenvalue weighted by atomic mass is 9.95. The highest BCUT2D eigenvalue weighted by Gasteiger charge is 2.26. The summed E-state index contributed by atoms with van der Waals surface area (Å²) >= 11 is 1.53. The minimum absolute atomic E-state index is 0.0420. The molecule has 0 spiro atoms. The highest BCUT2D eigenvalue weighted by molar-refractivity contribution is 7.17. The Hall–Kier alpha value is -2.14. The SMILES string of the molecule is COC(=O)c1c(NC(=O)CCCc2ccccc2)sc2c1CCCC2. The first-order valence-corrected chi connectivity index (χ1v) is 9.57. The second kappa shape index (κ2) is 8.30. The van der Waals surface area contributed by atoms with Crippen LogP contribution in [0, 0.1) is 0 Å². The van der Waals surface area contributed by atoms with E-state index in [0.717, 1.165) is 44.1 Å². The smallest absolute Gasteiger partial charge is 0.341 e. The molecule has 5 heteroatoms. The number of carbonyl (C=O) groups excluding carboxylic acids is 2. The average molecular weight is 357 g/mol. The second-order valence-electron chi connectivity index (χ2n) is 6.29. The number of ether oxygens (including phenoxy) is 1. The van der Waals surface area contributed by atoms with Gasteiger partial charge in [-0.15, -0.1) is 11.3 Å². The number of anilines is 1. The molecule has 0 saturated heterocycles. The van der Waals surface area contributed by atoms with Gasteiger partial charge in [-0.05, 0) is 49.7 Å².